The van der Waals surface area contributed by atoms with Gasteiger partial charge in [-0.25, -0.2) is 8.42 Å². The quantitative estimate of drug-likeness (QED) is 0.805. The maximum atomic E-state index is 12.9. The monoisotopic (exact) mass is 402 g/mol. The summed E-state index contributed by atoms with van der Waals surface area (Å²) < 4.78 is 32.9. The molecule has 6 nitrogen and oxygen atoms in total. The molecule has 0 bridgehead atoms. The average Bonchev–Trinajstić information content (AvgIpc) is 3.10. The topological polar surface area (TPSA) is 75.7 Å². The Hall–Kier alpha value is -2.38. The number of nitrogens with zero attached hydrogens (tertiary/aromatic N) is 1. The summed E-state index contributed by atoms with van der Waals surface area (Å²) in [6, 6.07) is 10.8. The SMILES string of the molecule is CCN(CC)S(=O)(=O)c1cc(C)c(C)c(NC(=O)[C@@H]2Cc3ccccc3O2)c1. The van der Waals surface area contributed by atoms with Crippen LogP contribution in [0.4, 0.5) is 5.69 Å². The summed E-state index contributed by atoms with van der Waals surface area (Å²) in [6.45, 7) is 8.10. The second-order valence-electron chi connectivity index (χ2n) is 6.91. The number of fused-ring (bicyclic) bond motifs is 1. The number of sulfonamides is 1. The fourth-order valence-electron chi connectivity index (χ4n) is 3.36. The highest BCUT2D eigenvalue weighted by Crippen LogP contribution is 2.30. The average molecular weight is 403 g/mol. The first kappa shape index (κ1) is 20.4. The highest BCUT2D eigenvalue weighted by Gasteiger charge is 2.30. The van der Waals surface area contributed by atoms with Gasteiger partial charge in [-0.1, -0.05) is 32.0 Å². The fraction of sp³-hybridized carbons (Fsp3) is 0.381. The van der Waals surface area contributed by atoms with Gasteiger partial charge in [0.05, 0.1) is 4.90 Å². The number of nitrogens with one attached hydrogen (secondary N) is 1. The van der Waals surface area contributed by atoms with E-state index in [-0.39, 0.29) is 10.8 Å². The molecule has 1 aliphatic rings. The number of ether oxygens (including phenoxy) is 1. The molecule has 3 rings (SSSR count). The zero-order valence-electron chi connectivity index (χ0n) is 16.7. The molecule has 1 heterocycles. The van der Waals surface area contributed by atoms with E-state index in [2.05, 4.69) is 5.32 Å². The summed E-state index contributed by atoms with van der Waals surface area (Å²) in [5.41, 5.74) is 3.13. The Morgan fingerprint density at radius 3 is 2.50 bits per heavy atom. The smallest absolute Gasteiger partial charge is 0.265 e. The van der Waals surface area contributed by atoms with Gasteiger partial charge >= 0.3 is 0 Å². The summed E-state index contributed by atoms with van der Waals surface area (Å²) in [5.74, 6) is 0.435. The fourth-order valence-corrected chi connectivity index (χ4v) is 4.93. The van der Waals surface area contributed by atoms with Gasteiger partial charge in [-0.05, 0) is 48.7 Å². The Balaban J connectivity index is 1.87. The Labute approximate surface area is 166 Å². The molecular weight excluding hydrogens is 376 g/mol. The van der Waals surface area contributed by atoms with E-state index >= 15 is 0 Å². The number of anilines is 1. The maximum absolute atomic E-state index is 12.9. The van der Waals surface area contributed by atoms with Crippen LogP contribution in [-0.2, 0) is 21.2 Å². The summed E-state index contributed by atoms with van der Waals surface area (Å²) in [6.07, 6.45) is -0.127. The van der Waals surface area contributed by atoms with Crippen molar-refractivity contribution in [3.05, 3.63) is 53.1 Å². The number of rotatable bonds is 6. The predicted molar refractivity (Wildman–Crippen MR) is 109 cm³/mol. The molecule has 7 heteroatoms. The third kappa shape index (κ3) is 3.77. The van der Waals surface area contributed by atoms with Gasteiger partial charge in [0.15, 0.2) is 6.10 Å². The second kappa shape index (κ2) is 7.93. The van der Waals surface area contributed by atoms with Crippen molar-refractivity contribution in [2.45, 2.75) is 45.1 Å². The van der Waals surface area contributed by atoms with E-state index in [1.54, 1.807) is 19.9 Å². The van der Waals surface area contributed by atoms with Gasteiger partial charge in [-0.15, -0.1) is 0 Å². The molecule has 28 heavy (non-hydrogen) atoms. The van der Waals surface area contributed by atoms with Crippen molar-refractivity contribution in [1.82, 2.24) is 4.31 Å². The highest BCUT2D eigenvalue weighted by atomic mass is 32.2. The first-order chi connectivity index (χ1) is 13.3. The van der Waals surface area contributed by atoms with E-state index in [0.29, 0.717) is 30.9 Å². The van der Waals surface area contributed by atoms with Crippen molar-refractivity contribution in [1.29, 1.82) is 0 Å². The molecule has 1 aliphatic heterocycles. The van der Waals surface area contributed by atoms with Crippen molar-refractivity contribution in [2.75, 3.05) is 18.4 Å². The largest absolute Gasteiger partial charge is 0.480 e. The van der Waals surface area contributed by atoms with Crippen LogP contribution in [0.1, 0.15) is 30.5 Å². The van der Waals surface area contributed by atoms with Crippen LogP contribution in [0.5, 0.6) is 5.75 Å². The molecule has 1 amide bonds. The van der Waals surface area contributed by atoms with E-state index in [1.807, 2.05) is 38.1 Å². The molecule has 150 valence electrons. The van der Waals surface area contributed by atoms with E-state index in [1.165, 1.54) is 10.4 Å². The van der Waals surface area contributed by atoms with Crippen LogP contribution < -0.4 is 10.1 Å². The number of hydrogen-bond donors (Lipinski definition) is 1. The predicted octanol–water partition coefficient (Wildman–Crippen LogP) is 3.28. The lowest BCUT2D eigenvalue weighted by Crippen LogP contribution is -2.32. The Kier molecular flexibility index (Phi) is 5.76. The number of carbonyl (C=O) groups excluding carboxylic acids is 1. The van der Waals surface area contributed by atoms with Crippen LogP contribution in [0.2, 0.25) is 0 Å². The number of para-hydroxylation sites is 1. The van der Waals surface area contributed by atoms with Crippen LogP contribution in [0.3, 0.4) is 0 Å². The first-order valence-corrected chi connectivity index (χ1v) is 10.9. The lowest BCUT2D eigenvalue weighted by atomic mass is 10.1. The van der Waals surface area contributed by atoms with Crippen LogP contribution >= 0.6 is 0 Å². The number of amides is 1. The van der Waals surface area contributed by atoms with E-state index < -0.39 is 16.1 Å². The first-order valence-electron chi connectivity index (χ1n) is 9.44. The summed E-state index contributed by atoms with van der Waals surface area (Å²) >= 11 is 0. The van der Waals surface area contributed by atoms with Gasteiger partial charge in [0.2, 0.25) is 10.0 Å². The van der Waals surface area contributed by atoms with Gasteiger partial charge in [0.25, 0.3) is 5.91 Å². The van der Waals surface area contributed by atoms with Gasteiger partial charge < -0.3 is 10.1 Å². The van der Waals surface area contributed by atoms with Gasteiger partial charge in [0.1, 0.15) is 5.75 Å². The molecule has 2 aromatic carbocycles. The zero-order chi connectivity index (χ0) is 20.5. The summed E-state index contributed by atoms with van der Waals surface area (Å²) in [7, 11) is -3.61. The molecule has 1 N–H and O–H groups in total. The van der Waals surface area contributed by atoms with Crippen molar-refractivity contribution in [3.63, 3.8) is 0 Å². The Morgan fingerprint density at radius 1 is 1.18 bits per heavy atom. The van der Waals surface area contributed by atoms with Crippen LogP contribution in [-0.4, -0.2) is 37.8 Å². The lowest BCUT2D eigenvalue weighted by molar-refractivity contribution is -0.122. The van der Waals surface area contributed by atoms with E-state index in [4.69, 9.17) is 4.74 Å². The minimum absolute atomic E-state index is 0.185. The van der Waals surface area contributed by atoms with E-state index in [9.17, 15) is 13.2 Å². The van der Waals surface area contributed by atoms with Crippen LogP contribution in [0.25, 0.3) is 0 Å². The third-order valence-electron chi connectivity index (χ3n) is 5.18. The standard InChI is InChI=1S/C21H26N2O4S/c1-5-23(6-2)28(25,26)17-11-14(3)15(4)18(13-17)22-21(24)20-12-16-9-7-8-10-19(16)27-20/h7-11,13,20H,5-6,12H2,1-4H3,(H,22,24)/t20-/m0/s1. The third-order valence-corrected chi connectivity index (χ3v) is 7.21. The zero-order valence-corrected chi connectivity index (χ0v) is 17.5. The molecular formula is C21H26N2O4S. The molecule has 0 saturated heterocycles. The minimum Gasteiger partial charge on any atom is -0.480 e. The molecule has 0 aliphatic carbocycles. The molecule has 0 aromatic heterocycles. The number of aryl methyl sites for hydroxylation is 1. The molecule has 0 fully saturated rings. The van der Waals surface area contributed by atoms with Crippen molar-refractivity contribution < 1.29 is 17.9 Å². The summed E-state index contributed by atoms with van der Waals surface area (Å²) in [5, 5.41) is 2.87. The van der Waals surface area contributed by atoms with Crippen LogP contribution in [0, 0.1) is 13.8 Å². The molecule has 2 aromatic rings. The van der Waals surface area contributed by atoms with Crippen molar-refractivity contribution in [2.24, 2.45) is 0 Å². The van der Waals surface area contributed by atoms with Gasteiger partial charge in [-0.3, -0.25) is 4.79 Å². The van der Waals surface area contributed by atoms with Crippen molar-refractivity contribution >= 4 is 21.6 Å². The molecule has 0 spiro atoms. The van der Waals surface area contributed by atoms with Gasteiger partial charge in [0, 0.05) is 25.2 Å². The summed E-state index contributed by atoms with van der Waals surface area (Å²) in [4.78, 5) is 12.9. The number of carbonyl (C=O) groups is 1. The molecule has 0 unspecified atom stereocenters. The molecule has 0 saturated carbocycles. The van der Waals surface area contributed by atoms with Crippen molar-refractivity contribution in [3.8, 4) is 5.75 Å². The minimum atomic E-state index is -3.61. The van der Waals surface area contributed by atoms with Crippen LogP contribution in [0.15, 0.2) is 41.3 Å². The second-order valence-corrected chi connectivity index (χ2v) is 8.85. The Bertz CT molecular complexity index is 972. The molecule has 0 radical (unpaired) electrons. The number of benzene rings is 2. The highest BCUT2D eigenvalue weighted by molar-refractivity contribution is 7.89. The van der Waals surface area contributed by atoms with Gasteiger partial charge in [-0.2, -0.15) is 4.31 Å². The number of hydrogen-bond acceptors (Lipinski definition) is 4. The maximum Gasteiger partial charge on any atom is 0.265 e. The van der Waals surface area contributed by atoms with E-state index in [0.717, 1.165) is 16.7 Å². The lowest BCUT2D eigenvalue weighted by Gasteiger charge is -2.21. The normalized spacial score (nSPS) is 16.0. The molecule has 1 atom stereocenters. The Morgan fingerprint density at radius 2 is 1.86 bits per heavy atom.